The molecule has 0 aromatic rings. The van der Waals surface area contributed by atoms with Crippen molar-refractivity contribution < 1.29 is 8.42 Å². The van der Waals surface area contributed by atoms with Gasteiger partial charge in [0.15, 0.2) is 0 Å². The average Bonchev–Trinajstić information content (AvgIpc) is 2.34. The molecule has 0 aliphatic carbocycles. The Bertz CT molecular complexity index is 336. The minimum Gasteiger partial charge on any atom is -0.317 e. The maximum absolute atomic E-state index is 12.0. The number of rotatable bonds is 8. The number of piperidine rings is 1. The van der Waals surface area contributed by atoms with Crippen molar-refractivity contribution in [2.45, 2.75) is 65.0 Å². The predicted molar refractivity (Wildman–Crippen MR) is 79.3 cm³/mol. The highest BCUT2D eigenvalue weighted by atomic mass is 32.2. The molecule has 2 unspecified atom stereocenters. The first-order valence-electron chi connectivity index (χ1n) is 7.45. The zero-order chi connectivity index (χ0) is 14.3. The molecule has 1 fully saturated rings. The van der Waals surface area contributed by atoms with Crippen LogP contribution >= 0.6 is 0 Å². The smallest absolute Gasteiger partial charge is 0.224 e. The summed E-state index contributed by atoms with van der Waals surface area (Å²) in [7, 11) is -3.19. The summed E-state index contributed by atoms with van der Waals surface area (Å²) >= 11 is 0. The van der Waals surface area contributed by atoms with E-state index < -0.39 is 10.0 Å². The van der Waals surface area contributed by atoms with E-state index in [1.165, 1.54) is 6.42 Å². The van der Waals surface area contributed by atoms with Gasteiger partial charge in [0.05, 0.1) is 5.75 Å². The maximum Gasteiger partial charge on any atom is 0.224 e. The molecule has 1 saturated heterocycles. The molecular formula is C13H29N3O2S. The number of nitrogens with zero attached hydrogens (tertiary/aromatic N) is 1. The van der Waals surface area contributed by atoms with Crippen LogP contribution in [0.5, 0.6) is 0 Å². The first kappa shape index (κ1) is 16.9. The standard InChI is InChI=1S/C13H29N3O2S/c1-4-14-10-5-6-11-19(17,18)15-16-12(2)8-7-9-13(16)3/h12-15H,4-11H2,1-3H3. The largest absolute Gasteiger partial charge is 0.317 e. The summed E-state index contributed by atoms with van der Waals surface area (Å²) in [6.45, 7) is 8.06. The van der Waals surface area contributed by atoms with Crippen LogP contribution in [0.25, 0.3) is 0 Å². The van der Waals surface area contributed by atoms with Crippen molar-refractivity contribution in [3.63, 3.8) is 0 Å². The van der Waals surface area contributed by atoms with Gasteiger partial charge in [-0.3, -0.25) is 0 Å². The Labute approximate surface area is 118 Å². The number of sulfonamides is 1. The molecule has 0 radical (unpaired) electrons. The molecule has 1 heterocycles. The molecule has 0 amide bonds. The normalized spacial score (nSPS) is 25.6. The monoisotopic (exact) mass is 291 g/mol. The van der Waals surface area contributed by atoms with Crippen molar-refractivity contribution in [1.29, 1.82) is 0 Å². The quantitative estimate of drug-likeness (QED) is 0.665. The van der Waals surface area contributed by atoms with Gasteiger partial charge >= 0.3 is 0 Å². The predicted octanol–water partition coefficient (Wildman–Crippen LogP) is 1.47. The first-order valence-corrected chi connectivity index (χ1v) is 9.10. The Morgan fingerprint density at radius 2 is 1.79 bits per heavy atom. The van der Waals surface area contributed by atoms with E-state index in [1.807, 2.05) is 5.01 Å². The number of nitrogens with one attached hydrogen (secondary N) is 2. The fourth-order valence-electron chi connectivity index (χ4n) is 2.53. The maximum atomic E-state index is 12.0. The van der Waals surface area contributed by atoms with Crippen LogP contribution in [0.15, 0.2) is 0 Å². The zero-order valence-electron chi connectivity index (χ0n) is 12.5. The minimum absolute atomic E-state index is 0.217. The average molecular weight is 291 g/mol. The molecule has 1 aliphatic rings. The van der Waals surface area contributed by atoms with E-state index in [4.69, 9.17) is 0 Å². The van der Waals surface area contributed by atoms with Gasteiger partial charge in [-0.15, -0.1) is 4.83 Å². The lowest BCUT2D eigenvalue weighted by molar-refractivity contribution is 0.0790. The number of unbranched alkanes of at least 4 members (excludes halogenated alkanes) is 1. The SMILES string of the molecule is CCNCCCCS(=O)(=O)NN1C(C)CCCC1C. The van der Waals surface area contributed by atoms with Crippen molar-refractivity contribution in [2.75, 3.05) is 18.8 Å². The van der Waals surface area contributed by atoms with Gasteiger partial charge in [0.2, 0.25) is 10.0 Å². The fourth-order valence-corrected chi connectivity index (χ4v) is 3.88. The third-order valence-corrected chi connectivity index (χ3v) is 5.02. The molecule has 2 atom stereocenters. The van der Waals surface area contributed by atoms with Crippen LogP contribution in [0, 0.1) is 0 Å². The Hall–Kier alpha value is -0.170. The highest BCUT2D eigenvalue weighted by Crippen LogP contribution is 2.20. The van der Waals surface area contributed by atoms with E-state index in [0.29, 0.717) is 18.5 Å². The summed E-state index contributed by atoms with van der Waals surface area (Å²) < 4.78 is 24.1. The summed E-state index contributed by atoms with van der Waals surface area (Å²) in [5.74, 6) is 0.217. The summed E-state index contributed by atoms with van der Waals surface area (Å²) in [5.41, 5.74) is 0. The summed E-state index contributed by atoms with van der Waals surface area (Å²) in [6.07, 6.45) is 4.92. The second-order valence-corrected chi connectivity index (χ2v) is 7.33. The van der Waals surface area contributed by atoms with Gasteiger partial charge in [-0.2, -0.15) is 0 Å². The topological polar surface area (TPSA) is 61.4 Å². The lowest BCUT2D eigenvalue weighted by Crippen LogP contribution is -2.54. The molecule has 0 saturated carbocycles. The van der Waals surface area contributed by atoms with Crippen LogP contribution in [0.2, 0.25) is 0 Å². The lowest BCUT2D eigenvalue weighted by atomic mass is 10.0. The van der Waals surface area contributed by atoms with Crippen molar-refractivity contribution in [1.82, 2.24) is 15.2 Å². The van der Waals surface area contributed by atoms with Crippen molar-refractivity contribution >= 4 is 10.0 Å². The molecular weight excluding hydrogens is 262 g/mol. The van der Waals surface area contributed by atoms with Gasteiger partial charge in [-0.1, -0.05) is 13.3 Å². The van der Waals surface area contributed by atoms with Gasteiger partial charge in [-0.25, -0.2) is 13.4 Å². The Morgan fingerprint density at radius 1 is 1.16 bits per heavy atom. The minimum atomic E-state index is -3.19. The van der Waals surface area contributed by atoms with Crippen LogP contribution in [-0.4, -0.2) is 44.4 Å². The van der Waals surface area contributed by atoms with Crippen LogP contribution < -0.4 is 10.1 Å². The molecule has 0 spiro atoms. The molecule has 0 aromatic carbocycles. The van der Waals surface area contributed by atoms with E-state index in [9.17, 15) is 8.42 Å². The third-order valence-electron chi connectivity index (χ3n) is 3.70. The van der Waals surface area contributed by atoms with Crippen LogP contribution in [0.3, 0.4) is 0 Å². The van der Waals surface area contributed by atoms with E-state index in [-0.39, 0.29) is 5.75 Å². The highest BCUT2D eigenvalue weighted by Gasteiger charge is 2.27. The van der Waals surface area contributed by atoms with Gasteiger partial charge < -0.3 is 5.32 Å². The summed E-state index contributed by atoms with van der Waals surface area (Å²) in [5, 5.41) is 5.12. The van der Waals surface area contributed by atoms with Crippen LogP contribution in [0.1, 0.15) is 52.9 Å². The third kappa shape index (κ3) is 6.21. The molecule has 5 nitrogen and oxygen atoms in total. The lowest BCUT2D eigenvalue weighted by Gasteiger charge is -2.38. The number of hydrogen-bond donors (Lipinski definition) is 2. The molecule has 0 bridgehead atoms. The summed E-state index contributed by atoms with van der Waals surface area (Å²) in [6, 6.07) is 0.584. The Kier molecular flexibility index (Phi) is 7.28. The van der Waals surface area contributed by atoms with Gasteiger partial charge in [0.1, 0.15) is 0 Å². The fraction of sp³-hybridized carbons (Fsp3) is 1.00. The molecule has 19 heavy (non-hydrogen) atoms. The van der Waals surface area contributed by atoms with Crippen molar-refractivity contribution in [2.24, 2.45) is 0 Å². The number of hydrazine groups is 1. The second-order valence-electron chi connectivity index (χ2n) is 5.51. The van der Waals surface area contributed by atoms with Gasteiger partial charge in [-0.05, 0) is 52.6 Å². The molecule has 114 valence electrons. The van der Waals surface area contributed by atoms with Gasteiger partial charge in [0, 0.05) is 12.1 Å². The van der Waals surface area contributed by atoms with E-state index in [0.717, 1.165) is 32.4 Å². The second kappa shape index (κ2) is 8.19. The Morgan fingerprint density at radius 3 is 2.37 bits per heavy atom. The van der Waals surface area contributed by atoms with E-state index in [1.54, 1.807) is 0 Å². The van der Waals surface area contributed by atoms with Crippen molar-refractivity contribution in [3.05, 3.63) is 0 Å². The molecule has 0 aromatic heterocycles. The van der Waals surface area contributed by atoms with Crippen molar-refractivity contribution in [3.8, 4) is 0 Å². The van der Waals surface area contributed by atoms with Crippen LogP contribution in [0.4, 0.5) is 0 Å². The molecule has 6 heteroatoms. The molecule has 1 aliphatic heterocycles. The van der Waals surface area contributed by atoms with Crippen LogP contribution in [-0.2, 0) is 10.0 Å². The molecule has 2 N–H and O–H groups in total. The first-order chi connectivity index (χ1) is 8.96. The van der Waals surface area contributed by atoms with E-state index in [2.05, 4.69) is 30.9 Å². The van der Waals surface area contributed by atoms with Gasteiger partial charge in [0.25, 0.3) is 0 Å². The zero-order valence-corrected chi connectivity index (χ0v) is 13.3. The molecule has 1 rings (SSSR count). The highest BCUT2D eigenvalue weighted by molar-refractivity contribution is 7.89. The summed E-state index contributed by atoms with van der Waals surface area (Å²) in [4.78, 5) is 2.77. The number of hydrogen-bond acceptors (Lipinski definition) is 4. The van der Waals surface area contributed by atoms with E-state index >= 15 is 0 Å². The Balaban J connectivity index is 2.36.